The Morgan fingerprint density at radius 1 is 0.893 bits per heavy atom. The minimum atomic E-state index is -0.148. The van der Waals surface area contributed by atoms with Crippen LogP contribution in [-0.2, 0) is 24.2 Å². The van der Waals surface area contributed by atoms with Crippen LogP contribution in [0, 0.1) is 5.82 Å². The van der Waals surface area contributed by atoms with E-state index in [2.05, 4.69) is 47.2 Å². The Labute approximate surface area is 167 Å². The fraction of sp³-hybridized carbons (Fsp3) is 0.435. The minimum Gasteiger partial charge on any atom is -0.324 e. The number of rotatable bonds is 7. The summed E-state index contributed by atoms with van der Waals surface area (Å²) in [4.78, 5) is 17.0. The zero-order valence-corrected chi connectivity index (χ0v) is 16.9. The third-order valence-corrected chi connectivity index (χ3v) is 5.45. The van der Waals surface area contributed by atoms with E-state index >= 15 is 0 Å². The molecule has 0 saturated carbocycles. The van der Waals surface area contributed by atoms with Gasteiger partial charge in [0.15, 0.2) is 0 Å². The summed E-state index contributed by atoms with van der Waals surface area (Å²) in [5.74, 6) is -0.108. The van der Waals surface area contributed by atoms with Gasteiger partial charge in [-0.15, -0.1) is 0 Å². The predicted octanol–water partition coefficient (Wildman–Crippen LogP) is 3.71. The van der Waals surface area contributed by atoms with E-state index in [-0.39, 0.29) is 11.7 Å². The molecule has 0 radical (unpaired) electrons. The number of hydrogen-bond acceptors (Lipinski definition) is 3. The van der Waals surface area contributed by atoms with Crippen LogP contribution in [0.15, 0.2) is 42.5 Å². The topological polar surface area (TPSA) is 35.6 Å². The number of carbonyl (C=O) groups is 1. The zero-order chi connectivity index (χ0) is 19.9. The third-order valence-electron chi connectivity index (χ3n) is 5.45. The van der Waals surface area contributed by atoms with Crippen molar-refractivity contribution in [3.8, 4) is 0 Å². The van der Waals surface area contributed by atoms with E-state index < -0.39 is 0 Å². The molecule has 1 aliphatic heterocycles. The summed E-state index contributed by atoms with van der Waals surface area (Å²) in [6, 6.07) is 13.2. The van der Waals surface area contributed by atoms with Gasteiger partial charge in [0, 0.05) is 44.0 Å². The molecule has 2 aromatic rings. The largest absolute Gasteiger partial charge is 0.324 e. The number of carbonyl (C=O) groups excluding carboxylic acids is 1. The molecule has 1 aliphatic rings. The second-order valence-corrected chi connectivity index (χ2v) is 7.35. The average Bonchev–Trinajstić information content (AvgIpc) is 2.71. The number of nitrogens with one attached hydrogen (secondary N) is 1. The first-order chi connectivity index (χ1) is 13.6. The van der Waals surface area contributed by atoms with Crippen LogP contribution in [0.1, 0.15) is 30.5 Å². The van der Waals surface area contributed by atoms with Crippen LogP contribution in [0.3, 0.4) is 0 Å². The van der Waals surface area contributed by atoms with Crippen molar-refractivity contribution in [2.75, 3.05) is 38.0 Å². The lowest BCUT2D eigenvalue weighted by molar-refractivity contribution is -0.117. The number of hydrogen-bond donors (Lipinski definition) is 1. The Hall–Kier alpha value is -2.24. The van der Waals surface area contributed by atoms with Gasteiger partial charge in [0.25, 0.3) is 0 Å². The zero-order valence-electron chi connectivity index (χ0n) is 16.9. The van der Waals surface area contributed by atoms with Crippen molar-refractivity contribution in [3.63, 3.8) is 0 Å². The second kappa shape index (κ2) is 9.80. The van der Waals surface area contributed by atoms with Gasteiger partial charge in [-0.2, -0.15) is 0 Å². The fourth-order valence-corrected chi connectivity index (χ4v) is 3.76. The summed E-state index contributed by atoms with van der Waals surface area (Å²) in [6.07, 6.45) is 1.80. The van der Waals surface area contributed by atoms with Crippen molar-refractivity contribution in [2.24, 2.45) is 0 Å². The van der Waals surface area contributed by atoms with Gasteiger partial charge in [0.1, 0.15) is 5.82 Å². The summed E-state index contributed by atoms with van der Waals surface area (Å²) < 4.78 is 13.8. The van der Waals surface area contributed by atoms with Crippen LogP contribution >= 0.6 is 0 Å². The van der Waals surface area contributed by atoms with Crippen LogP contribution in [0.25, 0.3) is 0 Å². The molecule has 28 heavy (non-hydrogen) atoms. The number of halogens is 1. The van der Waals surface area contributed by atoms with Crippen LogP contribution in [-0.4, -0.2) is 48.4 Å². The summed E-state index contributed by atoms with van der Waals surface area (Å²) >= 11 is 0. The summed E-state index contributed by atoms with van der Waals surface area (Å²) in [7, 11) is 0. The van der Waals surface area contributed by atoms with Crippen LogP contribution in [0.5, 0.6) is 0 Å². The molecule has 1 N–H and O–H groups in total. The van der Waals surface area contributed by atoms with Crippen LogP contribution < -0.4 is 5.32 Å². The van der Waals surface area contributed by atoms with Gasteiger partial charge < -0.3 is 5.32 Å². The molecule has 0 bridgehead atoms. The molecule has 0 unspecified atom stereocenters. The summed E-state index contributed by atoms with van der Waals surface area (Å²) in [5.41, 5.74) is 4.08. The molecule has 150 valence electrons. The lowest BCUT2D eigenvalue weighted by atomic mass is 10.0. The monoisotopic (exact) mass is 383 g/mol. The van der Waals surface area contributed by atoms with Crippen molar-refractivity contribution < 1.29 is 9.18 Å². The molecule has 0 aliphatic carbocycles. The molecule has 0 atom stereocenters. The van der Waals surface area contributed by atoms with Crippen molar-refractivity contribution in [1.29, 1.82) is 0 Å². The lowest BCUT2D eigenvalue weighted by Gasteiger charge is -2.34. The lowest BCUT2D eigenvalue weighted by Crippen LogP contribution is -2.48. The third kappa shape index (κ3) is 5.18. The SMILES string of the molecule is CCc1cccc(CC)c1NC(=O)CN1CCN(Cc2ccccc2F)CC1. The number of para-hydroxylation sites is 1. The van der Waals surface area contributed by atoms with E-state index in [1.807, 2.05) is 12.1 Å². The highest BCUT2D eigenvalue weighted by Gasteiger charge is 2.20. The first-order valence-corrected chi connectivity index (χ1v) is 10.2. The van der Waals surface area contributed by atoms with Crippen molar-refractivity contribution in [3.05, 3.63) is 65.0 Å². The minimum absolute atomic E-state index is 0.0400. The van der Waals surface area contributed by atoms with Gasteiger partial charge in [-0.05, 0) is 30.0 Å². The maximum atomic E-state index is 13.8. The second-order valence-electron chi connectivity index (χ2n) is 7.35. The molecular formula is C23H30FN3O. The van der Waals surface area contributed by atoms with Crippen LogP contribution in [0.2, 0.25) is 0 Å². The molecule has 1 saturated heterocycles. The smallest absolute Gasteiger partial charge is 0.238 e. The number of benzene rings is 2. The van der Waals surface area contributed by atoms with Gasteiger partial charge in [-0.1, -0.05) is 50.2 Å². The Balaban J connectivity index is 1.51. The first-order valence-electron chi connectivity index (χ1n) is 10.2. The van der Waals surface area contributed by atoms with Crippen molar-refractivity contribution in [2.45, 2.75) is 33.2 Å². The van der Waals surface area contributed by atoms with Crippen molar-refractivity contribution in [1.82, 2.24) is 9.80 Å². The van der Waals surface area contributed by atoms with Gasteiger partial charge in [-0.25, -0.2) is 4.39 Å². The number of piperazine rings is 1. The summed E-state index contributed by atoms with van der Waals surface area (Å²) in [6.45, 7) is 8.56. The molecule has 1 amide bonds. The summed E-state index contributed by atoms with van der Waals surface area (Å²) in [5, 5.41) is 3.14. The van der Waals surface area contributed by atoms with Gasteiger partial charge in [0.2, 0.25) is 5.91 Å². The quantitative estimate of drug-likeness (QED) is 0.792. The highest BCUT2D eigenvalue weighted by atomic mass is 19.1. The Morgan fingerprint density at radius 2 is 1.46 bits per heavy atom. The Bertz CT molecular complexity index is 778. The Kier molecular flexibility index (Phi) is 7.18. The van der Waals surface area contributed by atoms with E-state index in [0.717, 1.165) is 50.3 Å². The predicted molar refractivity (Wildman–Crippen MR) is 112 cm³/mol. The molecule has 5 heteroatoms. The molecule has 3 rings (SSSR count). The van der Waals surface area contributed by atoms with E-state index in [1.54, 1.807) is 6.07 Å². The van der Waals surface area contributed by atoms with Gasteiger partial charge in [-0.3, -0.25) is 14.6 Å². The maximum Gasteiger partial charge on any atom is 0.238 e. The number of amides is 1. The first kappa shape index (κ1) is 20.5. The standard InChI is InChI=1S/C23H30FN3O/c1-3-18-9-7-10-19(4-2)23(18)25-22(28)17-27-14-12-26(13-15-27)16-20-8-5-6-11-21(20)24/h5-11H,3-4,12-17H2,1-2H3,(H,25,28). The number of aryl methyl sites for hydroxylation is 2. The highest BCUT2D eigenvalue weighted by Crippen LogP contribution is 2.22. The maximum absolute atomic E-state index is 13.8. The van der Waals surface area contributed by atoms with Gasteiger partial charge in [0.05, 0.1) is 6.54 Å². The molecule has 2 aromatic carbocycles. The molecule has 1 heterocycles. The van der Waals surface area contributed by atoms with Crippen LogP contribution in [0.4, 0.5) is 10.1 Å². The molecule has 0 spiro atoms. The normalized spacial score (nSPS) is 15.5. The van der Waals surface area contributed by atoms with E-state index in [1.165, 1.54) is 17.2 Å². The average molecular weight is 384 g/mol. The van der Waals surface area contributed by atoms with E-state index in [9.17, 15) is 9.18 Å². The van der Waals surface area contributed by atoms with Crippen molar-refractivity contribution >= 4 is 11.6 Å². The number of anilines is 1. The Morgan fingerprint density at radius 3 is 2.07 bits per heavy atom. The van der Waals surface area contributed by atoms with Gasteiger partial charge >= 0.3 is 0 Å². The molecule has 1 fully saturated rings. The van der Waals surface area contributed by atoms with E-state index in [0.29, 0.717) is 13.1 Å². The molecule has 0 aromatic heterocycles. The fourth-order valence-electron chi connectivity index (χ4n) is 3.76. The number of nitrogens with zero attached hydrogens (tertiary/aromatic N) is 2. The molecular weight excluding hydrogens is 353 g/mol. The van der Waals surface area contributed by atoms with E-state index in [4.69, 9.17) is 0 Å². The molecule has 4 nitrogen and oxygen atoms in total. The highest BCUT2D eigenvalue weighted by molar-refractivity contribution is 5.93.